The summed E-state index contributed by atoms with van der Waals surface area (Å²) in [5.41, 5.74) is 6.54. The second-order valence-electron chi connectivity index (χ2n) is 8.40. The Hall–Kier alpha value is -0.0800. The van der Waals surface area contributed by atoms with E-state index in [-0.39, 0.29) is 0 Å². The zero-order chi connectivity index (χ0) is 14.8. The Morgan fingerprint density at radius 3 is 2.20 bits per heavy atom. The molecule has 0 aromatic carbocycles. The molecular weight excluding hydrogens is 244 g/mol. The van der Waals surface area contributed by atoms with Gasteiger partial charge in [0.1, 0.15) is 0 Å². The number of nitrogens with two attached hydrogens (primary N) is 1. The number of rotatable bonds is 3. The second kappa shape index (κ2) is 6.79. The van der Waals surface area contributed by atoms with Gasteiger partial charge in [0.2, 0.25) is 0 Å². The molecule has 2 N–H and O–H groups in total. The maximum Gasteiger partial charge on any atom is 0.0138 e. The van der Waals surface area contributed by atoms with Gasteiger partial charge in [-0.15, -0.1) is 0 Å². The Bertz CT molecular complexity index is 288. The molecule has 0 saturated heterocycles. The van der Waals surface area contributed by atoms with Crippen molar-refractivity contribution in [1.29, 1.82) is 0 Å². The number of hydrogen-bond donors (Lipinski definition) is 1. The third-order valence-electron chi connectivity index (χ3n) is 6.16. The van der Waals surface area contributed by atoms with Crippen molar-refractivity contribution in [2.24, 2.45) is 23.0 Å². The summed E-state index contributed by atoms with van der Waals surface area (Å²) >= 11 is 0. The Kier molecular flexibility index (Phi) is 5.53. The van der Waals surface area contributed by atoms with Crippen LogP contribution in [-0.4, -0.2) is 30.6 Å². The molecule has 0 heterocycles. The van der Waals surface area contributed by atoms with Gasteiger partial charge in [0.05, 0.1) is 0 Å². The summed E-state index contributed by atoms with van der Waals surface area (Å²) in [5.74, 6) is 1.59. The Balaban J connectivity index is 2.04. The summed E-state index contributed by atoms with van der Waals surface area (Å²) in [4.78, 5) is 2.73. The fourth-order valence-corrected chi connectivity index (χ4v) is 4.53. The lowest BCUT2D eigenvalue weighted by Gasteiger charge is -2.48. The van der Waals surface area contributed by atoms with E-state index in [0.717, 1.165) is 30.5 Å². The van der Waals surface area contributed by atoms with Crippen LogP contribution in [0.4, 0.5) is 0 Å². The molecular formula is C18H36N2. The highest BCUT2D eigenvalue weighted by molar-refractivity contribution is 4.92. The van der Waals surface area contributed by atoms with E-state index >= 15 is 0 Å². The summed E-state index contributed by atoms with van der Waals surface area (Å²) in [7, 11) is 2.38. The summed E-state index contributed by atoms with van der Waals surface area (Å²) in [6, 6.07) is 1.54. The molecule has 2 nitrogen and oxygen atoms in total. The van der Waals surface area contributed by atoms with Crippen molar-refractivity contribution >= 4 is 0 Å². The first-order chi connectivity index (χ1) is 9.43. The minimum Gasteiger partial charge on any atom is -0.330 e. The molecule has 0 spiro atoms. The zero-order valence-corrected chi connectivity index (χ0v) is 14.2. The number of hydrogen-bond acceptors (Lipinski definition) is 2. The van der Waals surface area contributed by atoms with Gasteiger partial charge in [-0.3, -0.25) is 0 Å². The van der Waals surface area contributed by atoms with Crippen molar-refractivity contribution in [2.45, 2.75) is 84.2 Å². The summed E-state index contributed by atoms with van der Waals surface area (Å²) < 4.78 is 0. The molecule has 3 atom stereocenters. The van der Waals surface area contributed by atoms with E-state index in [1.165, 1.54) is 51.4 Å². The smallest absolute Gasteiger partial charge is 0.0138 e. The molecule has 118 valence electrons. The molecule has 3 unspecified atom stereocenters. The zero-order valence-electron chi connectivity index (χ0n) is 14.2. The molecule has 2 heteroatoms. The van der Waals surface area contributed by atoms with Crippen LogP contribution in [0.1, 0.15) is 72.1 Å². The molecule has 2 aliphatic carbocycles. The Labute approximate surface area is 126 Å². The molecule has 0 aliphatic heterocycles. The molecule has 0 aromatic heterocycles. The van der Waals surface area contributed by atoms with Crippen molar-refractivity contribution in [3.05, 3.63) is 0 Å². The topological polar surface area (TPSA) is 29.3 Å². The molecule has 2 aliphatic rings. The maximum absolute atomic E-state index is 6.09. The lowest BCUT2D eigenvalue weighted by molar-refractivity contribution is 0.0273. The molecule has 2 fully saturated rings. The van der Waals surface area contributed by atoms with E-state index in [0.29, 0.717) is 5.41 Å². The first-order valence-electron chi connectivity index (χ1n) is 8.85. The highest BCUT2D eigenvalue weighted by Gasteiger charge is 2.38. The van der Waals surface area contributed by atoms with Crippen LogP contribution in [0.5, 0.6) is 0 Å². The first kappa shape index (κ1) is 16.3. The van der Waals surface area contributed by atoms with Gasteiger partial charge in [-0.2, -0.15) is 0 Å². The molecule has 20 heavy (non-hydrogen) atoms. The van der Waals surface area contributed by atoms with E-state index in [2.05, 4.69) is 32.7 Å². The minimum absolute atomic E-state index is 0.450. The van der Waals surface area contributed by atoms with E-state index in [1.807, 2.05) is 0 Å². The average Bonchev–Trinajstić information content (AvgIpc) is 2.45. The fourth-order valence-electron chi connectivity index (χ4n) is 4.53. The van der Waals surface area contributed by atoms with E-state index < -0.39 is 0 Å². The van der Waals surface area contributed by atoms with Crippen LogP contribution in [0.2, 0.25) is 0 Å². The molecule has 0 aromatic rings. The van der Waals surface area contributed by atoms with E-state index in [9.17, 15) is 0 Å². The molecule has 0 radical (unpaired) electrons. The summed E-state index contributed by atoms with van der Waals surface area (Å²) in [6.07, 6.45) is 11.2. The van der Waals surface area contributed by atoms with Gasteiger partial charge in [-0.25, -0.2) is 0 Å². The lowest BCUT2D eigenvalue weighted by Crippen LogP contribution is -2.51. The molecule has 2 saturated carbocycles. The molecule has 0 bridgehead atoms. The van der Waals surface area contributed by atoms with E-state index in [4.69, 9.17) is 5.73 Å². The Morgan fingerprint density at radius 1 is 1.00 bits per heavy atom. The highest BCUT2D eigenvalue weighted by atomic mass is 15.2. The standard InChI is InChI=1S/C18H36N2/c1-18(2,3)15-11-10-14(13-19)17(12-15)20(4)16-8-6-5-7-9-16/h14-17H,5-13,19H2,1-4H3. The molecule has 2 rings (SSSR count). The van der Waals surface area contributed by atoms with Crippen molar-refractivity contribution < 1.29 is 0 Å². The normalized spacial score (nSPS) is 33.6. The van der Waals surface area contributed by atoms with Crippen LogP contribution in [0, 0.1) is 17.3 Å². The van der Waals surface area contributed by atoms with Gasteiger partial charge in [-0.05, 0) is 62.9 Å². The summed E-state index contributed by atoms with van der Waals surface area (Å²) in [6.45, 7) is 8.12. The predicted octanol–water partition coefficient (Wildman–Crippen LogP) is 4.04. The van der Waals surface area contributed by atoms with Crippen molar-refractivity contribution in [2.75, 3.05) is 13.6 Å². The van der Waals surface area contributed by atoms with Crippen LogP contribution in [0.15, 0.2) is 0 Å². The van der Waals surface area contributed by atoms with Gasteiger partial charge in [0.15, 0.2) is 0 Å². The van der Waals surface area contributed by atoms with Crippen LogP contribution < -0.4 is 5.73 Å². The SMILES string of the molecule is CN(C1CCCCC1)C1CC(C(C)(C)C)CCC1CN. The van der Waals surface area contributed by atoms with Gasteiger partial charge < -0.3 is 10.6 Å². The third kappa shape index (κ3) is 3.76. The van der Waals surface area contributed by atoms with Crippen LogP contribution >= 0.6 is 0 Å². The molecule has 0 amide bonds. The van der Waals surface area contributed by atoms with Crippen LogP contribution in [0.25, 0.3) is 0 Å². The van der Waals surface area contributed by atoms with Gasteiger partial charge >= 0.3 is 0 Å². The highest BCUT2D eigenvalue weighted by Crippen LogP contribution is 2.42. The van der Waals surface area contributed by atoms with Crippen molar-refractivity contribution in [1.82, 2.24) is 4.90 Å². The lowest BCUT2D eigenvalue weighted by atomic mass is 9.67. The average molecular weight is 280 g/mol. The van der Waals surface area contributed by atoms with E-state index in [1.54, 1.807) is 0 Å². The first-order valence-corrected chi connectivity index (χ1v) is 8.85. The second-order valence-corrected chi connectivity index (χ2v) is 8.40. The van der Waals surface area contributed by atoms with Crippen molar-refractivity contribution in [3.8, 4) is 0 Å². The maximum atomic E-state index is 6.09. The van der Waals surface area contributed by atoms with Crippen LogP contribution in [0.3, 0.4) is 0 Å². The van der Waals surface area contributed by atoms with Crippen molar-refractivity contribution in [3.63, 3.8) is 0 Å². The summed E-state index contributed by atoms with van der Waals surface area (Å²) in [5, 5.41) is 0. The largest absolute Gasteiger partial charge is 0.330 e. The predicted molar refractivity (Wildman–Crippen MR) is 87.8 cm³/mol. The Morgan fingerprint density at radius 2 is 1.65 bits per heavy atom. The van der Waals surface area contributed by atoms with Gasteiger partial charge in [-0.1, -0.05) is 40.0 Å². The minimum atomic E-state index is 0.450. The fraction of sp³-hybridized carbons (Fsp3) is 1.00. The number of nitrogens with zero attached hydrogens (tertiary/aromatic N) is 1. The monoisotopic (exact) mass is 280 g/mol. The van der Waals surface area contributed by atoms with Crippen LogP contribution in [-0.2, 0) is 0 Å². The van der Waals surface area contributed by atoms with Gasteiger partial charge in [0, 0.05) is 12.1 Å². The quantitative estimate of drug-likeness (QED) is 0.845. The third-order valence-corrected chi connectivity index (χ3v) is 6.16. The van der Waals surface area contributed by atoms with Gasteiger partial charge in [0.25, 0.3) is 0 Å².